The molecule has 0 aromatic carbocycles. The minimum atomic E-state index is -4.63. The second-order valence-corrected chi connectivity index (χ2v) is 4.26. The summed E-state index contributed by atoms with van der Waals surface area (Å²) in [5.41, 5.74) is -1.23. The molecule has 0 aliphatic heterocycles. The zero-order valence-corrected chi connectivity index (χ0v) is 10.7. The van der Waals surface area contributed by atoms with Crippen LogP contribution < -0.4 is 5.32 Å². The lowest BCUT2D eigenvalue weighted by Gasteiger charge is -2.19. The van der Waals surface area contributed by atoms with E-state index in [0.29, 0.717) is 6.07 Å². The van der Waals surface area contributed by atoms with Gasteiger partial charge in [0.15, 0.2) is 0 Å². The number of aliphatic carboxylic acids is 1. The Balaban J connectivity index is 3.10. The molecule has 108 valence electrons. The smallest absolute Gasteiger partial charge is 0.433 e. The SMILES string of the molecule is CC(Nc1nc(C(F)(F)F)ccc1C#N)C(C)C(=O)O. The van der Waals surface area contributed by atoms with Crippen molar-refractivity contribution in [1.29, 1.82) is 5.26 Å². The van der Waals surface area contributed by atoms with Gasteiger partial charge in [0.05, 0.1) is 11.5 Å². The van der Waals surface area contributed by atoms with Gasteiger partial charge in [-0.3, -0.25) is 4.79 Å². The maximum atomic E-state index is 12.6. The van der Waals surface area contributed by atoms with Crippen LogP contribution in [0.15, 0.2) is 12.1 Å². The van der Waals surface area contributed by atoms with Crippen LogP contribution in [0.25, 0.3) is 0 Å². The van der Waals surface area contributed by atoms with Crippen LogP contribution in [-0.2, 0) is 11.0 Å². The number of nitriles is 1. The van der Waals surface area contributed by atoms with E-state index in [1.165, 1.54) is 13.8 Å². The molecule has 0 saturated carbocycles. The number of carboxylic acid groups (broad SMARTS) is 1. The molecule has 2 N–H and O–H groups in total. The number of halogens is 3. The van der Waals surface area contributed by atoms with Crippen molar-refractivity contribution >= 4 is 11.8 Å². The Kier molecular flexibility index (Phi) is 4.55. The molecule has 20 heavy (non-hydrogen) atoms. The maximum absolute atomic E-state index is 12.6. The van der Waals surface area contributed by atoms with Crippen molar-refractivity contribution in [1.82, 2.24) is 4.98 Å². The summed E-state index contributed by atoms with van der Waals surface area (Å²) >= 11 is 0. The molecule has 0 aliphatic carbocycles. The van der Waals surface area contributed by atoms with Gasteiger partial charge in [0.2, 0.25) is 0 Å². The molecule has 1 heterocycles. The van der Waals surface area contributed by atoms with Gasteiger partial charge in [-0.1, -0.05) is 0 Å². The van der Waals surface area contributed by atoms with Crippen LogP contribution >= 0.6 is 0 Å². The summed E-state index contributed by atoms with van der Waals surface area (Å²) in [6.07, 6.45) is -4.63. The molecule has 0 saturated heterocycles. The van der Waals surface area contributed by atoms with Gasteiger partial charge in [0, 0.05) is 6.04 Å². The molecule has 2 unspecified atom stereocenters. The van der Waals surface area contributed by atoms with Crippen molar-refractivity contribution in [2.75, 3.05) is 5.32 Å². The molecule has 0 spiro atoms. The number of carboxylic acids is 1. The van der Waals surface area contributed by atoms with Crippen LogP contribution in [0, 0.1) is 17.2 Å². The highest BCUT2D eigenvalue weighted by molar-refractivity contribution is 5.71. The zero-order valence-electron chi connectivity index (χ0n) is 10.7. The van der Waals surface area contributed by atoms with Crippen LogP contribution in [0.3, 0.4) is 0 Å². The minimum Gasteiger partial charge on any atom is -0.481 e. The molecule has 0 bridgehead atoms. The van der Waals surface area contributed by atoms with E-state index in [1.807, 2.05) is 0 Å². The van der Waals surface area contributed by atoms with Crippen molar-refractivity contribution in [3.63, 3.8) is 0 Å². The second kappa shape index (κ2) is 5.77. The predicted molar refractivity (Wildman–Crippen MR) is 63.8 cm³/mol. The van der Waals surface area contributed by atoms with Gasteiger partial charge >= 0.3 is 12.1 Å². The van der Waals surface area contributed by atoms with E-state index in [2.05, 4.69) is 10.3 Å². The quantitative estimate of drug-likeness (QED) is 0.888. The van der Waals surface area contributed by atoms with E-state index in [-0.39, 0.29) is 11.4 Å². The predicted octanol–water partition coefficient (Wildman–Crippen LogP) is 2.49. The Morgan fingerprint density at radius 1 is 1.45 bits per heavy atom. The molecule has 0 aliphatic rings. The molecule has 1 rings (SSSR count). The lowest BCUT2D eigenvalue weighted by Crippen LogP contribution is -2.30. The van der Waals surface area contributed by atoms with E-state index < -0.39 is 29.8 Å². The molecule has 0 amide bonds. The first-order chi connectivity index (χ1) is 9.16. The van der Waals surface area contributed by atoms with Gasteiger partial charge in [-0.05, 0) is 26.0 Å². The number of hydrogen-bond acceptors (Lipinski definition) is 4. The summed E-state index contributed by atoms with van der Waals surface area (Å²) in [5, 5.41) is 20.2. The Bertz CT molecular complexity index is 552. The van der Waals surface area contributed by atoms with Gasteiger partial charge in [-0.2, -0.15) is 18.4 Å². The van der Waals surface area contributed by atoms with Crippen LogP contribution in [-0.4, -0.2) is 22.1 Å². The van der Waals surface area contributed by atoms with Gasteiger partial charge in [-0.25, -0.2) is 4.98 Å². The third kappa shape index (κ3) is 3.60. The summed E-state index contributed by atoms with van der Waals surface area (Å²) in [4.78, 5) is 14.2. The number of alkyl halides is 3. The number of rotatable bonds is 4. The van der Waals surface area contributed by atoms with E-state index in [4.69, 9.17) is 10.4 Å². The standard InChI is InChI=1S/C12H12F3N3O2/c1-6(11(19)20)7(2)17-10-8(5-16)3-4-9(18-10)12(13,14)15/h3-4,6-7H,1-2H3,(H,17,18)(H,19,20). The monoisotopic (exact) mass is 287 g/mol. The Morgan fingerprint density at radius 3 is 2.50 bits per heavy atom. The molecule has 0 fully saturated rings. The summed E-state index contributed by atoms with van der Waals surface area (Å²) in [6, 6.07) is 2.72. The topological polar surface area (TPSA) is 86.0 Å². The molecule has 0 radical (unpaired) electrons. The number of nitrogens with one attached hydrogen (secondary N) is 1. The van der Waals surface area contributed by atoms with Crippen molar-refractivity contribution in [3.8, 4) is 6.07 Å². The van der Waals surface area contributed by atoms with Gasteiger partial charge in [0.1, 0.15) is 17.6 Å². The maximum Gasteiger partial charge on any atom is 0.433 e. The molecule has 8 heteroatoms. The van der Waals surface area contributed by atoms with Gasteiger partial charge < -0.3 is 10.4 Å². The summed E-state index contributed by atoms with van der Waals surface area (Å²) < 4.78 is 37.7. The third-order valence-corrected chi connectivity index (χ3v) is 2.81. The Labute approximate surface area is 113 Å². The zero-order chi connectivity index (χ0) is 15.5. The molecular weight excluding hydrogens is 275 g/mol. The molecule has 1 aromatic rings. The summed E-state index contributed by atoms with van der Waals surface area (Å²) in [7, 11) is 0. The highest BCUT2D eigenvalue weighted by Crippen LogP contribution is 2.29. The van der Waals surface area contributed by atoms with E-state index in [9.17, 15) is 18.0 Å². The first kappa shape index (κ1) is 15.8. The molecule has 1 aromatic heterocycles. The molecule has 5 nitrogen and oxygen atoms in total. The van der Waals surface area contributed by atoms with E-state index in [1.54, 1.807) is 6.07 Å². The minimum absolute atomic E-state index is 0.0811. The average molecular weight is 287 g/mol. The summed E-state index contributed by atoms with van der Waals surface area (Å²) in [5.74, 6) is -2.23. The number of hydrogen-bond donors (Lipinski definition) is 2. The van der Waals surface area contributed by atoms with Crippen molar-refractivity contribution in [2.45, 2.75) is 26.1 Å². The highest BCUT2D eigenvalue weighted by atomic mass is 19.4. The van der Waals surface area contributed by atoms with Crippen molar-refractivity contribution in [3.05, 3.63) is 23.4 Å². The van der Waals surface area contributed by atoms with Crippen molar-refractivity contribution < 1.29 is 23.1 Å². The fourth-order valence-corrected chi connectivity index (χ4v) is 1.37. The van der Waals surface area contributed by atoms with E-state index in [0.717, 1.165) is 6.07 Å². The average Bonchev–Trinajstić information content (AvgIpc) is 2.36. The van der Waals surface area contributed by atoms with Crippen LogP contribution in [0.4, 0.5) is 19.0 Å². The number of anilines is 1. The molecular formula is C12H12F3N3O2. The van der Waals surface area contributed by atoms with Gasteiger partial charge in [-0.15, -0.1) is 0 Å². The van der Waals surface area contributed by atoms with Crippen LogP contribution in [0.5, 0.6) is 0 Å². The normalized spacial score (nSPS) is 14.2. The van der Waals surface area contributed by atoms with Gasteiger partial charge in [0.25, 0.3) is 0 Å². The first-order valence-electron chi connectivity index (χ1n) is 5.64. The number of aromatic nitrogens is 1. The molecule has 2 atom stereocenters. The number of nitrogens with zero attached hydrogens (tertiary/aromatic N) is 2. The fourth-order valence-electron chi connectivity index (χ4n) is 1.37. The number of pyridine rings is 1. The van der Waals surface area contributed by atoms with E-state index >= 15 is 0 Å². The van der Waals surface area contributed by atoms with Crippen molar-refractivity contribution in [2.24, 2.45) is 5.92 Å². The van der Waals surface area contributed by atoms with Crippen LogP contribution in [0.2, 0.25) is 0 Å². The summed E-state index contributed by atoms with van der Waals surface area (Å²) in [6.45, 7) is 2.89. The Morgan fingerprint density at radius 2 is 2.05 bits per heavy atom. The van der Waals surface area contributed by atoms with Crippen LogP contribution in [0.1, 0.15) is 25.1 Å². The lowest BCUT2D eigenvalue weighted by atomic mass is 10.0. The lowest BCUT2D eigenvalue weighted by molar-refractivity contribution is -0.142. The highest BCUT2D eigenvalue weighted by Gasteiger charge is 2.33. The first-order valence-corrected chi connectivity index (χ1v) is 5.64. The largest absolute Gasteiger partial charge is 0.481 e. The fraction of sp³-hybridized carbons (Fsp3) is 0.417. The third-order valence-electron chi connectivity index (χ3n) is 2.81. The number of carbonyl (C=O) groups is 1. The Hall–Kier alpha value is -2.30. The second-order valence-electron chi connectivity index (χ2n) is 4.26.